The Labute approximate surface area is 201 Å². The zero-order valence-electron chi connectivity index (χ0n) is 19.3. The standard InChI is InChI=1S/C27H30N6O/c28-19-23-25-24(31-16-9-10-17-31)15-7-8-18-32(25)27(34)33(22-13-5-2-6-14-22)26(23)30-20-29-21-11-3-1-4-12-21/h1-6,11-14,20,24-25H,7-10,15-18H2,(H,29,30). The van der Waals surface area contributed by atoms with Gasteiger partial charge >= 0.3 is 6.03 Å². The van der Waals surface area contributed by atoms with Crippen LogP contribution in [0.5, 0.6) is 0 Å². The number of para-hydroxylation sites is 2. The number of nitrogens with zero attached hydrogens (tertiary/aromatic N) is 5. The van der Waals surface area contributed by atoms with Crippen molar-refractivity contribution in [1.82, 2.24) is 9.80 Å². The summed E-state index contributed by atoms with van der Waals surface area (Å²) in [6, 6.07) is 21.5. The van der Waals surface area contributed by atoms with E-state index in [2.05, 4.69) is 16.3 Å². The van der Waals surface area contributed by atoms with E-state index in [4.69, 9.17) is 4.99 Å². The molecular formula is C27H30N6O. The van der Waals surface area contributed by atoms with Gasteiger partial charge in [-0.3, -0.25) is 4.90 Å². The van der Waals surface area contributed by atoms with Gasteiger partial charge < -0.3 is 10.2 Å². The van der Waals surface area contributed by atoms with Crippen molar-refractivity contribution in [3.05, 3.63) is 72.1 Å². The molecule has 2 aromatic carbocycles. The minimum atomic E-state index is -0.276. The van der Waals surface area contributed by atoms with Crippen molar-refractivity contribution in [1.29, 1.82) is 5.26 Å². The fourth-order valence-electron chi connectivity index (χ4n) is 5.39. The summed E-state index contributed by atoms with van der Waals surface area (Å²) >= 11 is 0. The van der Waals surface area contributed by atoms with Gasteiger partial charge in [-0.05, 0) is 63.0 Å². The van der Waals surface area contributed by atoms with Crippen LogP contribution in [0, 0.1) is 11.3 Å². The number of likely N-dealkylation sites (tertiary alicyclic amines) is 1. The van der Waals surface area contributed by atoms with Gasteiger partial charge in [-0.1, -0.05) is 42.8 Å². The van der Waals surface area contributed by atoms with Gasteiger partial charge in [0.25, 0.3) is 0 Å². The monoisotopic (exact) mass is 454 g/mol. The smallest absolute Gasteiger partial charge is 0.330 e. The Bertz CT molecular complexity index is 1100. The Balaban J connectivity index is 1.60. The molecule has 2 amide bonds. The lowest BCUT2D eigenvalue weighted by Gasteiger charge is -2.45. The van der Waals surface area contributed by atoms with Crippen molar-refractivity contribution < 1.29 is 4.79 Å². The lowest BCUT2D eigenvalue weighted by molar-refractivity contribution is 0.132. The zero-order valence-corrected chi connectivity index (χ0v) is 19.3. The highest BCUT2D eigenvalue weighted by Gasteiger charge is 2.46. The van der Waals surface area contributed by atoms with Crippen molar-refractivity contribution in [2.75, 3.05) is 29.9 Å². The first-order valence-electron chi connectivity index (χ1n) is 12.2. The van der Waals surface area contributed by atoms with Crippen LogP contribution in [0.1, 0.15) is 32.1 Å². The largest absolute Gasteiger partial charge is 0.346 e. The Morgan fingerprint density at radius 2 is 1.62 bits per heavy atom. The summed E-state index contributed by atoms with van der Waals surface area (Å²) in [7, 11) is 0. The molecule has 0 aliphatic carbocycles. The third kappa shape index (κ3) is 4.29. The van der Waals surface area contributed by atoms with Gasteiger partial charge in [-0.25, -0.2) is 14.7 Å². The quantitative estimate of drug-likeness (QED) is 0.519. The maximum absolute atomic E-state index is 14.0. The molecule has 7 nitrogen and oxygen atoms in total. The van der Waals surface area contributed by atoms with Gasteiger partial charge in [0.05, 0.1) is 23.6 Å². The number of nitriles is 1. The molecule has 1 N–H and O–H groups in total. The van der Waals surface area contributed by atoms with Crippen LogP contribution >= 0.6 is 0 Å². The summed E-state index contributed by atoms with van der Waals surface area (Å²) < 4.78 is 0. The van der Waals surface area contributed by atoms with Gasteiger partial charge in [0.15, 0.2) is 5.82 Å². The van der Waals surface area contributed by atoms with Gasteiger partial charge in [0, 0.05) is 18.3 Å². The molecule has 2 fully saturated rings. The zero-order chi connectivity index (χ0) is 23.3. The SMILES string of the molecule is N#CC1=C(N=CNc2ccccc2)N(c2ccccc2)C(=O)N2CCCCC(N3CCCC3)C12. The number of urea groups is 1. The first-order valence-corrected chi connectivity index (χ1v) is 12.2. The van der Waals surface area contributed by atoms with Crippen molar-refractivity contribution in [3.63, 3.8) is 0 Å². The molecule has 3 heterocycles. The Hall–Kier alpha value is -3.63. The number of carbonyl (C=O) groups excluding carboxylic acids is 1. The van der Waals surface area contributed by atoms with Crippen LogP contribution < -0.4 is 10.2 Å². The van der Waals surface area contributed by atoms with E-state index >= 15 is 0 Å². The first kappa shape index (κ1) is 22.2. The Morgan fingerprint density at radius 1 is 0.941 bits per heavy atom. The molecule has 3 aliphatic heterocycles. The molecule has 2 aromatic rings. The van der Waals surface area contributed by atoms with Crippen LogP contribution in [0.3, 0.4) is 0 Å². The average molecular weight is 455 g/mol. The van der Waals surface area contributed by atoms with Crippen LogP contribution in [0.2, 0.25) is 0 Å². The summed E-state index contributed by atoms with van der Waals surface area (Å²) in [5.41, 5.74) is 2.17. The van der Waals surface area contributed by atoms with Crippen molar-refractivity contribution in [2.24, 2.45) is 4.99 Å². The Morgan fingerprint density at radius 3 is 2.32 bits per heavy atom. The molecule has 2 unspecified atom stereocenters. The van der Waals surface area contributed by atoms with E-state index in [-0.39, 0.29) is 18.1 Å². The van der Waals surface area contributed by atoms with E-state index < -0.39 is 0 Å². The second-order valence-corrected chi connectivity index (χ2v) is 9.02. The molecule has 0 aromatic heterocycles. The number of anilines is 2. The maximum atomic E-state index is 14.0. The second-order valence-electron chi connectivity index (χ2n) is 9.02. The van der Waals surface area contributed by atoms with E-state index in [0.717, 1.165) is 38.0 Å². The predicted octanol–water partition coefficient (Wildman–Crippen LogP) is 4.82. The van der Waals surface area contributed by atoms with Crippen molar-refractivity contribution in [2.45, 2.75) is 44.2 Å². The average Bonchev–Trinajstić information content (AvgIpc) is 3.32. The fraction of sp³-hybridized carbons (Fsp3) is 0.370. The topological polar surface area (TPSA) is 75.0 Å². The molecule has 3 aliphatic rings. The van der Waals surface area contributed by atoms with Crippen LogP contribution in [0.4, 0.5) is 16.2 Å². The number of amides is 2. The molecule has 174 valence electrons. The number of nitrogens with one attached hydrogen (secondary N) is 1. The fourth-order valence-corrected chi connectivity index (χ4v) is 5.39. The van der Waals surface area contributed by atoms with Crippen molar-refractivity contribution >= 4 is 23.7 Å². The highest BCUT2D eigenvalue weighted by atomic mass is 16.2. The van der Waals surface area contributed by atoms with E-state index in [1.54, 1.807) is 11.2 Å². The van der Waals surface area contributed by atoms with Gasteiger partial charge in [-0.15, -0.1) is 0 Å². The number of rotatable bonds is 5. The normalized spacial score (nSPS) is 23.7. The number of fused-ring (bicyclic) bond motifs is 1. The molecule has 34 heavy (non-hydrogen) atoms. The van der Waals surface area contributed by atoms with Gasteiger partial charge in [-0.2, -0.15) is 5.26 Å². The number of carbonyl (C=O) groups is 1. The van der Waals surface area contributed by atoms with Crippen LogP contribution in [0.15, 0.2) is 77.1 Å². The maximum Gasteiger partial charge on any atom is 0.330 e. The van der Waals surface area contributed by atoms with E-state index in [0.29, 0.717) is 23.6 Å². The molecule has 0 spiro atoms. The molecule has 2 saturated heterocycles. The van der Waals surface area contributed by atoms with Gasteiger partial charge in [0.2, 0.25) is 0 Å². The number of hydrogen-bond acceptors (Lipinski definition) is 4. The third-order valence-corrected chi connectivity index (χ3v) is 6.97. The molecule has 0 saturated carbocycles. The lowest BCUT2D eigenvalue weighted by atomic mass is 9.93. The molecule has 0 radical (unpaired) electrons. The summed E-state index contributed by atoms with van der Waals surface area (Å²) in [4.78, 5) is 24.7. The predicted molar refractivity (Wildman–Crippen MR) is 134 cm³/mol. The number of hydrogen-bond donors (Lipinski definition) is 1. The molecule has 5 rings (SSSR count). The number of benzene rings is 2. The Kier molecular flexibility index (Phi) is 6.59. The first-order chi connectivity index (χ1) is 16.8. The highest BCUT2D eigenvalue weighted by molar-refractivity contribution is 5.98. The summed E-state index contributed by atoms with van der Waals surface area (Å²) in [6.07, 6.45) is 6.92. The summed E-state index contributed by atoms with van der Waals surface area (Å²) in [5, 5.41) is 13.6. The minimum Gasteiger partial charge on any atom is -0.346 e. The van der Waals surface area contributed by atoms with Crippen LogP contribution in [-0.2, 0) is 0 Å². The second kappa shape index (κ2) is 10.1. The lowest BCUT2D eigenvalue weighted by Crippen LogP contribution is -2.59. The molecule has 0 bridgehead atoms. The van der Waals surface area contributed by atoms with Gasteiger partial charge in [0.1, 0.15) is 6.07 Å². The highest BCUT2D eigenvalue weighted by Crippen LogP contribution is 2.37. The van der Waals surface area contributed by atoms with E-state index in [1.807, 2.05) is 65.6 Å². The minimum absolute atomic E-state index is 0.104. The van der Waals surface area contributed by atoms with Crippen molar-refractivity contribution in [3.8, 4) is 6.07 Å². The van der Waals surface area contributed by atoms with E-state index in [1.165, 1.54) is 12.8 Å². The van der Waals surface area contributed by atoms with Crippen LogP contribution in [0.25, 0.3) is 0 Å². The molecule has 7 heteroatoms. The summed E-state index contributed by atoms with van der Waals surface area (Å²) in [5.74, 6) is 0.412. The molecule has 2 atom stereocenters. The van der Waals surface area contributed by atoms with Crippen LogP contribution in [-0.4, -0.2) is 53.9 Å². The molecular weight excluding hydrogens is 424 g/mol. The summed E-state index contributed by atoms with van der Waals surface area (Å²) in [6.45, 7) is 2.71. The number of aliphatic imine (C=N–C) groups is 1. The third-order valence-electron chi connectivity index (χ3n) is 6.97. The van der Waals surface area contributed by atoms with E-state index in [9.17, 15) is 10.1 Å².